The number of hydrogen-bond donors (Lipinski definition) is 1. The lowest BCUT2D eigenvalue weighted by Crippen LogP contribution is -2.03. The molecule has 1 aromatic rings. The Balaban J connectivity index is 3.13. The van der Waals surface area contributed by atoms with Crippen LogP contribution in [0.1, 0.15) is 5.56 Å². The van der Waals surface area contributed by atoms with Crippen LogP contribution in [0.4, 0.5) is 0 Å². The highest BCUT2D eigenvalue weighted by atomic mass is 16.6. The molecule has 12 heavy (non-hydrogen) atoms. The second kappa shape index (κ2) is 3.60. The molecule has 0 aromatic heterocycles. The summed E-state index contributed by atoms with van der Waals surface area (Å²) in [6.07, 6.45) is 0. The third kappa shape index (κ3) is 1.47. The summed E-state index contributed by atoms with van der Waals surface area (Å²) in [5.74, 6) is 5.88. The number of hydrogen-bond acceptors (Lipinski definition) is 4. The van der Waals surface area contributed by atoms with E-state index in [2.05, 4.69) is 4.84 Å². The van der Waals surface area contributed by atoms with Crippen molar-refractivity contribution < 1.29 is 9.57 Å². The van der Waals surface area contributed by atoms with E-state index in [1.165, 1.54) is 7.11 Å². The summed E-state index contributed by atoms with van der Waals surface area (Å²) < 4.78 is 4.91. The molecule has 0 aliphatic heterocycles. The molecule has 0 spiro atoms. The lowest BCUT2D eigenvalue weighted by Gasteiger charge is -2.03. The van der Waals surface area contributed by atoms with Gasteiger partial charge in [0, 0.05) is 6.07 Å². The third-order valence-electron chi connectivity index (χ3n) is 1.43. The average molecular weight is 164 g/mol. The number of benzene rings is 1. The molecular weight excluding hydrogens is 156 g/mol. The maximum absolute atomic E-state index is 8.63. The Morgan fingerprint density at radius 3 is 2.75 bits per heavy atom. The number of ether oxygens (including phenoxy) is 1. The third-order valence-corrected chi connectivity index (χ3v) is 1.43. The van der Waals surface area contributed by atoms with Crippen LogP contribution in [0.5, 0.6) is 11.5 Å². The summed E-state index contributed by atoms with van der Waals surface area (Å²) >= 11 is 0. The normalized spacial score (nSPS) is 8.75. The van der Waals surface area contributed by atoms with Crippen molar-refractivity contribution in [3.8, 4) is 17.6 Å². The Bertz CT molecular complexity index is 317. The predicted molar refractivity (Wildman–Crippen MR) is 42.5 cm³/mol. The van der Waals surface area contributed by atoms with E-state index in [1.54, 1.807) is 18.2 Å². The van der Waals surface area contributed by atoms with Crippen molar-refractivity contribution in [3.05, 3.63) is 23.8 Å². The maximum atomic E-state index is 8.63. The molecule has 2 N–H and O–H groups in total. The first-order chi connectivity index (χ1) is 5.81. The van der Waals surface area contributed by atoms with Crippen LogP contribution in [0.25, 0.3) is 0 Å². The molecule has 0 aliphatic rings. The summed E-state index contributed by atoms with van der Waals surface area (Å²) in [7, 11) is 1.53. The highest BCUT2D eigenvalue weighted by Gasteiger charge is 2.03. The molecule has 0 unspecified atom stereocenters. The van der Waals surface area contributed by atoms with Crippen molar-refractivity contribution in [2.75, 3.05) is 7.11 Å². The second-order valence-corrected chi connectivity index (χ2v) is 2.09. The first-order valence-electron chi connectivity index (χ1n) is 3.26. The van der Waals surface area contributed by atoms with Crippen LogP contribution in [-0.2, 0) is 0 Å². The lowest BCUT2D eigenvalue weighted by molar-refractivity contribution is 0.332. The molecule has 0 saturated carbocycles. The Kier molecular flexibility index (Phi) is 2.51. The smallest absolute Gasteiger partial charge is 0.164 e. The molecule has 1 rings (SSSR count). The van der Waals surface area contributed by atoms with E-state index >= 15 is 0 Å². The maximum Gasteiger partial charge on any atom is 0.164 e. The standard InChI is InChI=1S/C8H8N2O2/c1-11-7-2-3-8(12-10)6(4-7)5-9/h2-4H,10H2,1H3. The zero-order valence-corrected chi connectivity index (χ0v) is 6.57. The van der Waals surface area contributed by atoms with Crippen molar-refractivity contribution in [3.63, 3.8) is 0 Å². The van der Waals surface area contributed by atoms with Gasteiger partial charge in [-0.1, -0.05) is 0 Å². The van der Waals surface area contributed by atoms with Gasteiger partial charge in [-0.25, -0.2) is 0 Å². The lowest BCUT2D eigenvalue weighted by atomic mass is 10.2. The molecule has 62 valence electrons. The molecule has 4 nitrogen and oxygen atoms in total. The minimum Gasteiger partial charge on any atom is -0.497 e. The monoisotopic (exact) mass is 164 g/mol. The van der Waals surface area contributed by atoms with Crippen LogP contribution >= 0.6 is 0 Å². The van der Waals surface area contributed by atoms with Crippen molar-refractivity contribution in [2.45, 2.75) is 0 Å². The summed E-state index contributed by atoms with van der Waals surface area (Å²) in [4.78, 5) is 4.46. The number of nitriles is 1. The second-order valence-electron chi connectivity index (χ2n) is 2.09. The first kappa shape index (κ1) is 8.37. The van der Waals surface area contributed by atoms with E-state index in [9.17, 15) is 0 Å². The van der Waals surface area contributed by atoms with E-state index in [0.29, 0.717) is 17.1 Å². The zero-order chi connectivity index (χ0) is 8.97. The van der Waals surface area contributed by atoms with Crippen molar-refractivity contribution >= 4 is 0 Å². The van der Waals surface area contributed by atoms with Gasteiger partial charge in [-0.15, -0.1) is 0 Å². The van der Waals surface area contributed by atoms with Gasteiger partial charge in [0.1, 0.15) is 17.4 Å². The summed E-state index contributed by atoms with van der Waals surface area (Å²) in [6.45, 7) is 0. The molecule has 0 fully saturated rings. The van der Waals surface area contributed by atoms with E-state index in [1.807, 2.05) is 6.07 Å². The zero-order valence-electron chi connectivity index (χ0n) is 6.57. The van der Waals surface area contributed by atoms with Crippen molar-refractivity contribution in [1.29, 1.82) is 5.26 Å². The number of nitrogens with zero attached hydrogens (tertiary/aromatic N) is 1. The Morgan fingerprint density at radius 2 is 2.25 bits per heavy atom. The summed E-state index contributed by atoms with van der Waals surface area (Å²) in [6, 6.07) is 6.74. The highest BCUT2D eigenvalue weighted by molar-refractivity contribution is 5.47. The van der Waals surface area contributed by atoms with Gasteiger partial charge < -0.3 is 9.57 Å². The fourth-order valence-electron chi connectivity index (χ4n) is 0.826. The van der Waals surface area contributed by atoms with Crippen LogP contribution in [-0.4, -0.2) is 7.11 Å². The molecule has 0 radical (unpaired) electrons. The fourth-order valence-corrected chi connectivity index (χ4v) is 0.826. The quantitative estimate of drug-likeness (QED) is 0.657. The SMILES string of the molecule is COc1ccc(ON)c(C#N)c1. The minimum absolute atomic E-state index is 0.346. The van der Waals surface area contributed by atoms with E-state index < -0.39 is 0 Å². The summed E-state index contributed by atoms with van der Waals surface area (Å²) in [5.41, 5.74) is 0.358. The molecule has 0 saturated heterocycles. The molecule has 0 bridgehead atoms. The van der Waals surface area contributed by atoms with Crippen LogP contribution in [0, 0.1) is 11.3 Å². The predicted octanol–water partition coefficient (Wildman–Crippen LogP) is 0.819. The van der Waals surface area contributed by atoms with Gasteiger partial charge in [0.15, 0.2) is 5.75 Å². The van der Waals surface area contributed by atoms with E-state index in [-0.39, 0.29) is 0 Å². The van der Waals surface area contributed by atoms with Crippen LogP contribution in [0.15, 0.2) is 18.2 Å². The van der Waals surface area contributed by atoms with Gasteiger partial charge in [0.05, 0.1) is 7.11 Å². The largest absolute Gasteiger partial charge is 0.497 e. The Hall–Kier alpha value is -1.73. The summed E-state index contributed by atoms with van der Waals surface area (Å²) in [5, 5.41) is 8.63. The number of methoxy groups -OCH3 is 1. The van der Waals surface area contributed by atoms with Crippen molar-refractivity contribution in [1.82, 2.24) is 0 Å². The average Bonchev–Trinajstić information content (AvgIpc) is 2.16. The number of rotatable bonds is 2. The van der Waals surface area contributed by atoms with Gasteiger partial charge in [-0.2, -0.15) is 11.2 Å². The molecule has 0 atom stereocenters. The minimum atomic E-state index is 0.346. The molecular formula is C8H8N2O2. The topological polar surface area (TPSA) is 68.3 Å². The first-order valence-corrected chi connectivity index (χ1v) is 3.26. The Labute approximate surface area is 70.1 Å². The van der Waals surface area contributed by atoms with Crippen LogP contribution in [0.3, 0.4) is 0 Å². The molecule has 0 heterocycles. The van der Waals surface area contributed by atoms with Gasteiger partial charge in [-0.05, 0) is 12.1 Å². The van der Waals surface area contributed by atoms with Crippen LogP contribution < -0.4 is 15.5 Å². The molecule has 1 aromatic carbocycles. The highest BCUT2D eigenvalue weighted by Crippen LogP contribution is 2.21. The Morgan fingerprint density at radius 1 is 1.50 bits per heavy atom. The molecule has 4 heteroatoms. The van der Waals surface area contributed by atoms with Gasteiger partial charge >= 0.3 is 0 Å². The van der Waals surface area contributed by atoms with Gasteiger partial charge in [0.25, 0.3) is 0 Å². The van der Waals surface area contributed by atoms with Crippen LogP contribution in [0.2, 0.25) is 0 Å². The molecule has 0 aliphatic carbocycles. The van der Waals surface area contributed by atoms with Gasteiger partial charge in [-0.3, -0.25) is 0 Å². The fraction of sp³-hybridized carbons (Fsp3) is 0.125. The van der Waals surface area contributed by atoms with E-state index in [0.717, 1.165) is 0 Å². The van der Waals surface area contributed by atoms with Crippen molar-refractivity contribution in [2.24, 2.45) is 5.90 Å². The molecule has 0 amide bonds. The van der Waals surface area contributed by atoms with E-state index in [4.69, 9.17) is 15.9 Å². The number of nitrogens with two attached hydrogens (primary N) is 1. The van der Waals surface area contributed by atoms with Gasteiger partial charge in [0.2, 0.25) is 0 Å².